The van der Waals surface area contributed by atoms with E-state index in [2.05, 4.69) is 10.8 Å². The third kappa shape index (κ3) is 3.65. The van der Waals surface area contributed by atoms with Gasteiger partial charge in [0.15, 0.2) is 5.82 Å². The molecule has 2 amide bonds. The molecule has 0 radical (unpaired) electrons. The molecule has 0 spiro atoms. The van der Waals surface area contributed by atoms with Crippen LogP contribution >= 0.6 is 46.4 Å². The molecule has 5 rings (SSSR count). The molecular formula is C20H15ClN4O2S3. The van der Waals surface area contributed by atoms with Crippen molar-refractivity contribution < 1.29 is 9.59 Å². The number of anilines is 1. The molecule has 1 aliphatic rings. The van der Waals surface area contributed by atoms with Gasteiger partial charge < -0.3 is 0 Å². The van der Waals surface area contributed by atoms with Crippen molar-refractivity contribution in [1.82, 2.24) is 15.0 Å². The van der Waals surface area contributed by atoms with Crippen LogP contribution in [0.5, 0.6) is 0 Å². The minimum Gasteiger partial charge on any atom is -0.271 e. The van der Waals surface area contributed by atoms with E-state index in [0.29, 0.717) is 23.6 Å². The first-order valence-corrected chi connectivity index (χ1v) is 11.5. The smallest absolute Gasteiger partial charge is 0.271 e. The Morgan fingerprint density at radius 3 is 2.63 bits per heavy atom. The van der Waals surface area contributed by atoms with Crippen molar-refractivity contribution in [3.8, 4) is 10.4 Å². The van der Waals surface area contributed by atoms with Gasteiger partial charge in [-0.15, -0.1) is 35.1 Å². The number of rotatable bonds is 5. The minimum absolute atomic E-state index is 0. The fourth-order valence-corrected chi connectivity index (χ4v) is 5.58. The Bertz CT molecular complexity index is 1260. The highest BCUT2D eigenvalue weighted by Gasteiger charge is 2.30. The number of aromatic nitrogens is 2. The van der Waals surface area contributed by atoms with E-state index < -0.39 is 5.91 Å². The third-order valence-electron chi connectivity index (χ3n) is 4.53. The number of imide groups is 1. The molecule has 0 saturated heterocycles. The molecule has 10 heteroatoms. The summed E-state index contributed by atoms with van der Waals surface area (Å²) in [4.78, 5) is 36.0. The topological polar surface area (TPSA) is 75.2 Å². The van der Waals surface area contributed by atoms with Crippen LogP contribution in [0.4, 0.5) is 5.82 Å². The van der Waals surface area contributed by atoms with E-state index in [-0.39, 0.29) is 18.3 Å². The number of nitrogens with zero attached hydrogens (tertiary/aromatic N) is 3. The van der Waals surface area contributed by atoms with Crippen molar-refractivity contribution in [2.45, 2.75) is 13.3 Å². The number of amides is 2. The number of hydrazine groups is 1. The largest absolute Gasteiger partial charge is 0.275 e. The van der Waals surface area contributed by atoms with Gasteiger partial charge >= 0.3 is 0 Å². The van der Waals surface area contributed by atoms with E-state index in [1.165, 1.54) is 17.4 Å². The van der Waals surface area contributed by atoms with E-state index in [1.54, 1.807) is 29.6 Å². The molecule has 0 unspecified atom stereocenters. The molecule has 30 heavy (non-hydrogen) atoms. The molecule has 0 aromatic carbocycles. The average Bonchev–Trinajstić information content (AvgIpc) is 3.47. The van der Waals surface area contributed by atoms with Crippen LogP contribution < -0.4 is 5.43 Å². The van der Waals surface area contributed by atoms with Crippen molar-refractivity contribution in [2.24, 2.45) is 0 Å². The van der Waals surface area contributed by atoms with Crippen molar-refractivity contribution in [3.05, 3.63) is 62.8 Å². The van der Waals surface area contributed by atoms with Gasteiger partial charge in [0.25, 0.3) is 11.8 Å². The maximum absolute atomic E-state index is 12.4. The van der Waals surface area contributed by atoms with Gasteiger partial charge in [0.2, 0.25) is 0 Å². The van der Waals surface area contributed by atoms with Crippen LogP contribution in [0.2, 0.25) is 0 Å². The second-order valence-electron chi connectivity index (χ2n) is 6.52. The Morgan fingerprint density at radius 1 is 1.10 bits per heavy atom. The predicted octanol–water partition coefficient (Wildman–Crippen LogP) is 5.14. The minimum atomic E-state index is -0.397. The van der Waals surface area contributed by atoms with Crippen LogP contribution in [-0.4, -0.2) is 26.8 Å². The number of hydrogen-bond donors (Lipinski definition) is 1. The predicted molar refractivity (Wildman–Crippen MR) is 124 cm³/mol. The molecule has 0 bridgehead atoms. The number of thiophene rings is 3. The van der Waals surface area contributed by atoms with Crippen molar-refractivity contribution in [3.63, 3.8) is 0 Å². The lowest BCUT2D eigenvalue weighted by atomic mass is 10.2. The molecule has 4 aromatic heterocycles. The van der Waals surface area contributed by atoms with Gasteiger partial charge in [0, 0.05) is 33.9 Å². The van der Waals surface area contributed by atoms with E-state index >= 15 is 0 Å². The maximum Gasteiger partial charge on any atom is 0.275 e. The van der Waals surface area contributed by atoms with Crippen LogP contribution in [0, 0.1) is 0 Å². The molecule has 0 saturated carbocycles. The first-order chi connectivity index (χ1) is 14.1. The van der Waals surface area contributed by atoms with Gasteiger partial charge in [0.05, 0.1) is 5.39 Å². The van der Waals surface area contributed by atoms with Crippen LogP contribution in [-0.2, 0) is 16.0 Å². The Balaban J connectivity index is 0.00000218. The number of carbonyl (C=O) groups is 2. The molecule has 1 N–H and O–H groups in total. The summed E-state index contributed by atoms with van der Waals surface area (Å²) in [5.74, 6) is 0.344. The summed E-state index contributed by atoms with van der Waals surface area (Å²) < 4.78 is 0. The van der Waals surface area contributed by atoms with Gasteiger partial charge in [-0.25, -0.2) is 9.97 Å². The number of fused-ring (bicyclic) bond motifs is 1. The summed E-state index contributed by atoms with van der Waals surface area (Å²) in [7, 11) is 0. The molecule has 5 heterocycles. The van der Waals surface area contributed by atoms with Crippen molar-refractivity contribution >= 4 is 74.3 Å². The quantitative estimate of drug-likeness (QED) is 0.405. The van der Waals surface area contributed by atoms with E-state index in [1.807, 2.05) is 34.3 Å². The van der Waals surface area contributed by atoms with Crippen molar-refractivity contribution in [2.75, 3.05) is 5.43 Å². The summed E-state index contributed by atoms with van der Waals surface area (Å²) in [5, 5.41) is 9.97. The van der Waals surface area contributed by atoms with Crippen molar-refractivity contribution in [1.29, 1.82) is 0 Å². The fourth-order valence-electron chi connectivity index (χ4n) is 3.13. The molecule has 0 fully saturated rings. The lowest BCUT2D eigenvalue weighted by Crippen LogP contribution is -2.36. The zero-order chi connectivity index (χ0) is 20.0. The summed E-state index contributed by atoms with van der Waals surface area (Å²) in [6.45, 7) is 1.63. The fraction of sp³-hybridized carbons (Fsp3) is 0.100. The van der Waals surface area contributed by atoms with E-state index in [9.17, 15) is 9.59 Å². The summed E-state index contributed by atoms with van der Waals surface area (Å²) in [6.07, 6.45) is 1.91. The lowest BCUT2D eigenvalue weighted by molar-refractivity contribution is -0.135. The van der Waals surface area contributed by atoms with Gasteiger partial charge in [0.1, 0.15) is 10.7 Å². The molecule has 6 nitrogen and oxygen atoms in total. The van der Waals surface area contributed by atoms with Crippen LogP contribution in [0.3, 0.4) is 0 Å². The number of carbonyl (C=O) groups excluding carboxylic acids is 2. The Kier molecular flexibility index (Phi) is 5.70. The first-order valence-electron chi connectivity index (χ1n) is 8.76. The van der Waals surface area contributed by atoms with Gasteiger partial charge in [-0.2, -0.15) is 16.3 Å². The first kappa shape index (κ1) is 20.7. The van der Waals surface area contributed by atoms with Gasteiger partial charge in [-0.05, 0) is 40.8 Å². The van der Waals surface area contributed by atoms with E-state index in [4.69, 9.17) is 9.97 Å². The van der Waals surface area contributed by atoms with E-state index in [0.717, 1.165) is 31.2 Å². The molecular weight excluding hydrogens is 460 g/mol. The molecule has 152 valence electrons. The molecule has 0 atom stereocenters. The van der Waals surface area contributed by atoms with Gasteiger partial charge in [-0.1, -0.05) is 6.07 Å². The zero-order valence-electron chi connectivity index (χ0n) is 15.6. The zero-order valence-corrected chi connectivity index (χ0v) is 18.9. The van der Waals surface area contributed by atoms with Crippen LogP contribution in [0.15, 0.2) is 51.4 Å². The van der Waals surface area contributed by atoms with Gasteiger partial charge in [-0.3, -0.25) is 15.0 Å². The highest BCUT2D eigenvalue weighted by Crippen LogP contribution is 2.39. The standard InChI is InChI=1S/C20H14N4O2S3.ClH/c1-11-7-16(25)24(20(11)26)23-18-17-13(14-3-2-5-28-14)10-29-19(17)22-15(21-18)8-12-4-6-27-9-12;/h2-7,9-10H,8H2,1H3,(H,21,22,23);1H. The average molecular weight is 475 g/mol. The number of nitrogens with one attached hydrogen (secondary N) is 1. The second kappa shape index (κ2) is 8.27. The summed E-state index contributed by atoms with van der Waals surface area (Å²) >= 11 is 4.78. The molecule has 0 aliphatic carbocycles. The SMILES string of the molecule is CC1=CC(=O)N(Nc2nc(Cc3ccsc3)nc3scc(-c4cccs4)c23)C1=O.Cl. The Labute approximate surface area is 190 Å². The second-order valence-corrected chi connectivity index (χ2v) is 9.11. The number of halogens is 1. The Morgan fingerprint density at radius 2 is 1.97 bits per heavy atom. The molecule has 1 aliphatic heterocycles. The maximum atomic E-state index is 12.4. The molecule has 4 aromatic rings. The lowest BCUT2D eigenvalue weighted by Gasteiger charge is -2.18. The monoisotopic (exact) mass is 474 g/mol. The summed E-state index contributed by atoms with van der Waals surface area (Å²) in [5.41, 5.74) is 5.49. The highest BCUT2D eigenvalue weighted by atomic mass is 35.5. The normalized spacial score (nSPS) is 13.6. The third-order valence-corrected chi connectivity index (χ3v) is 7.03. The summed E-state index contributed by atoms with van der Waals surface area (Å²) in [6, 6.07) is 6.06. The highest BCUT2D eigenvalue weighted by molar-refractivity contribution is 7.18. The number of hydrogen-bond acceptors (Lipinski definition) is 8. The van der Waals surface area contributed by atoms with Crippen LogP contribution in [0.1, 0.15) is 18.3 Å². The van der Waals surface area contributed by atoms with Crippen LogP contribution in [0.25, 0.3) is 20.7 Å². The Hall–Kier alpha value is -2.59.